The van der Waals surface area contributed by atoms with Gasteiger partial charge in [0.2, 0.25) is 0 Å². The Labute approximate surface area is 165 Å². The lowest BCUT2D eigenvalue weighted by atomic mass is 9.98. The molecule has 0 bridgehead atoms. The van der Waals surface area contributed by atoms with E-state index >= 15 is 4.39 Å². The lowest BCUT2D eigenvalue weighted by Crippen LogP contribution is -2.46. The third kappa shape index (κ3) is 3.82. The summed E-state index contributed by atoms with van der Waals surface area (Å²) >= 11 is 5.94. The predicted molar refractivity (Wildman–Crippen MR) is 99.2 cm³/mol. The number of nitroso groups, excluding NO2 is 1. The number of morpholine rings is 1. The van der Waals surface area contributed by atoms with Crippen molar-refractivity contribution in [3.63, 3.8) is 0 Å². The van der Waals surface area contributed by atoms with E-state index in [1.807, 2.05) is 13.8 Å². The molecule has 3 unspecified atom stereocenters. The van der Waals surface area contributed by atoms with Gasteiger partial charge in [0.05, 0.1) is 24.5 Å². The summed E-state index contributed by atoms with van der Waals surface area (Å²) in [6, 6.07) is -0.284. The molecule has 10 heteroatoms. The Morgan fingerprint density at radius 2 is 1.93 bits per heavy atom. The fourth-order valence-corrected chi connectivity index (χ4v) is 3.69. The van der Waals surface area contributed by atoms with Crippen LogP contribution in [0.5, 0.6) is 0 Å². The summed E-state index contributed by atoms with van der Waals surface area (Å²) in [5.74, 6) is -2.41. The van der Waals surface area contributed by atoms with Crippen LogP contribution < -0.4 is 4.90 Å². The van der Waals surface area contributed by atoms with Gasteiger partial charge in [-0.1, -0.05) is 16.8 Å². The second-order valence-electron chi connectivity index (χ2n) is 6.66. The summed E-state index contributed by atoms with van der Waals surface area (Å²) in [5, 5.41) is 12.5. The number of aromatic nitrogens is 2. The lowest BCUT2D eigenvalue weighted by Gasteiger charge is -2.38. The van der Waals surface area contributed by atoms with E-state index in [1.54, 1.807) is 4.90 Å². The van der Waals surface area contributed by atoms with Crippen LogP contribution in [-0.4, -0.2) is 40.4 Å². The number of aliphatic hydroxyl groups excluding tert-OH is 1. The number of hydrogen-bond acceptors (Lipinski definition) is 7. The zero-order valence-electron chi connectivity index (χ0n) is 15.3. The lowest BCUT2D eigenvalue weighted by molar-refractivity contribution is -0.00554. The van der Waals surface area contributed by atoms with Gasteiger partial charge < -0.3 is 14.7 Å². The average molecular weight is 413 g/mol. The minimum absolute atomic E-state index is 0.0550. The highest BCUT2D eigenvalue weighted by molar-refractivity contribution is 6.30. The van der Waals surface area contributed by atoms with Gasteiger partial charge in [-0.15, -0.1) is 4.91 Å². The van der Waals surface area contributed by atoms with Gasteiger partial charge in [-0.05, 0) is 19.9 Å². The molecule has 1 fully saturated rings. The van der Waals surface area contributed by atoms with E-state index < -0.39 is 24.3 Å². The third-order valence-electron chi connectivity index (χ3n) is 4.53. The summed E-state index contributed by atoms with van der Waals surface area (Å²) in [6.07, 6.45) is 2.18. The number of aliphatic hydroxyl groups is 1. The molecule has 2 aromatic rings. The van der Waals surface area contributed by atoms with Crippen molar-refractivity contribution >= 4 is 17.3 Å². The summed E-state index contributed by atoms with van der Waals surface area (Å²) in [4.78, 5) is 20.8. The van der Waals surface area contributed by atoms with E-state index in [0.29, 0.717) is 13.1 Å². The van der Waals surface area contributed by atoms with Crippen LogP contribution in [0.3, 0.4) is 0 Å². The first kappa shape index (κ1) is 20.5. The molecule has 1 aromatic carbocycles. The predicted octanol–water partition coefficient (Wildman–Crippen LogP) is 3.37. The second-order valence-corrected chi connectivity index (χ2v) is 7.02. The molecule has 150 valence electrons. The molecule has 0 spiro atoms. The summed E-state index contributed by atoms with van der Waals surface area (Å²) in [7, 11) is 0. The molecular formula is C18H19ClF2N4O3. The molecule has 2 heterocycles. The molecule has 0 radical (unpaired) electrons. The van der Waals surface area contributed by atoms with Crippen LogP contribution in [-0.2, 0) is 11.3 Å². The van der Waals surface area contributed by atoms with Crippen molar-refractivity contribution in [2.24, 2.45) is 5.18 Å². The van der Waals surface area contributed by atoms with Gasteiger partial charge in [0.15, 0.2) is 22.8 Å². The van der Waals surface area contributed by atoms with Gasteiger partial charge in [-0.2, -0.15) is 0 Å². The molecule has 3 atom stereocenters. The standard InChI is InChI=1S/C18H19ClF2N4O3/c1-9-6-25(7-10(2)28-9)17-11(8-26)5-12(13(20)14(17)21)15(24-27)16-18(19)23-4-3-22-16/h3-5,9-10,15,26H,6-8H2,1-2H3. The number of ether oxygens (including phenoxy) is 1. The molecule has 1 aliphatic rings. The highest BCUT2D eigenvalue weighted by Crippen LogP contribution is 2.37. The highest BCUT2D eigenvalue weighted by Gasteiger charge is 2.32. The Morgan fingerprint density at radius 3 is 2.50 bits per heavy atom. The molecule has 0 aliphatic carbocycles. The van der Waals surface area contributed by atoms with E-state index in [0.717, 1.165) is 0 Å². The second kappa shape index (κ2) is 8.42. The molecule has 0 amide bonds. The first-order valence-electron chi connectivity index (χ1n) is 8.68. The van der Waals surface area contributed by atoms with Crippen LogP contribution in [0.25, 0.3) is 0 Å². The smallest absolute Gasteiger partial charge is 0.182 e. The number of rotatable bonds is 5. The van der Waals surface area contributed by atoms with Crippen molar-refractivity contribution in [1.82, 2.24) is 9.97 Å². The van der Waals surface area contributed by atoms with E-state index in [2.05, 4.69) is 15.1 Å². The maximum absolute atomic E-state index is 15.1. The highest BCUT2D eigenvalue weighted by atomic mass is 35.5. The van der Waals surface area contributed by atoms with E-state index in [9.17, 15) is 14.4 Å². The van der Waals surface area contributed by atoms with Crippen molar-refractivity contribution in [3.8, 4) is 0 Å². The van der Waals surface area contributed by atoms with E-state index in [-0.39, 0.29) is 39.9 Å². The molecular weight excluding hydrogens is 394 g/mol. The normalized spacial score (nSPS) is 20.9. The van der Waals surface area contributed by atoms with Crippen molar-refractivity contribution in [2.75, 3.05) is 18.0 Å². The number of hydrogen-bond donors (Lipinski definition) is 1. The SMILES string of the molecule is CC1CN(c2c(CO)cc(C(N=O)c3nccnc3Cl)c(F)c2F)CC(C)O1. The molecule has 1 N–H and O–H groups in total. The Balaban J connectivity index is 2.11. The minimum Gasteiger partial charge on any atom is -0.392 e. The van der Waals surface area contributed by atoms with Gasteiger partial charge >= 0.3 is 0 Å². The van der Waals surface area contributed by atoms with Crippen LogP contribution in [0, 0.1) is 16.5 Å². The maximum Gasteiger partial charge on any atom is 0.182 e. The topological polar surface area (TPSA) is 87.9 Å². The summed E-state index contributed by atoms with van der Waals surface area (Å²) in [5.41, 5.74) is -0.385. The van der Waals surface area contributed by atoms with Gasteiger partial charge in [-0.3, -0.25) is 4.98 Å². The fraction of sp³-hybridized carbons (Fsp3) is 0.444. The van der Waals surface area contributed by atoms with Crippen molar-refractivity contribution in [3.05, 3.63) is 57.0 Å². The molecule has 3 rings (SSSR count). The quantitative estimate of drug-likeness (QED) is 0.757. The van der Waals surface area contributed by atoms with Gasteiger partial charge in [0.25, 0.3) is 0 Å². The Hall–Kier alpha value is -2.23. The van der Waals surface area contributed by atoms with E-state index in [4.69, 9.17) is 16.3 Å². The van der Waals surface area contributed by atoms with E-state index in [1.165, 1.54) is 18.5 Å². The van der Waals surface area contributed by atoms with Crippen LogP contribution in [0.2, 0.25) is 5.15 Å². The number of nitrogens with zero attached hydrogens (tertiary/aromatic N) is 4. The Morgan fingerprint density at radius 1 is 1.29 bits per heavy atom. The van der Waals surface area contributed by atoms with Crippen LogP contribution in [0.1, 0.15) is 36.7 Å². The van der Waals surface area contributed by atoms with Gasteiger partial charge in [0.1, 0.15) is 5.69 Å². The Kier molecular flexibility index (Phi) is 6.17. The van der Waals surface area contributed by atoms with Gasteiger partial charge in [0, 0.05) is 36.6 Å². The maximum atomic E-state index is 15.1. The molecule has 7 nitrogen and oxygen atoms in total. The van der Waals surface area contributed by atoms with Crippen LogP contribution in [0.4, 0.5) is 14.5 Å². The number of benzene rings is 1. The number of halogens is 3. The van der Waals surface area contributed by atoms with Crippen molar-refractivity contribution < 1.29 is 18.6 Å². The van der Waals surface area contributed by atoms with Crippen LogP contribution in [0.15, 0.2) is 23.6 Å². The monoisotopic (exact) mass is 412 g/mol. The first-order valence-corrected chi connectivity index (χ1v) is 9.06. The summed E-state index contributed by atoms with van der Waals surface area (Å²) in [6.45, 7) is 3.76. The molecule has 0 saturated carbocycles. The largest absolute Gasteiger partial charge is 0.392 e. The zero-order chi connectivity index (χ0) is 20.4. The van der Waals surface area contributed by atoms with Crippen molar-refractivity contribution in [1.29, 1.82) is 0 Å². The molecule has 1 saturated heterocycles. The van der Waals surface area contributed by atoms with Gasteiger partial charge in [-0.25, -0.2) is 13.8 Å². The first-order chi connectivity index (χ1) is 13.4. The fourth-order valence-electron chi connectivity index (χ4n) is 3.48. The number of anilines is 1. The van der Waals surface area contributed by atoms with Crippen molar-refractivity contribution in [2.45, 2.75) is 38.7 Å². The zero-order valence-corrected chi connectivity index (χ0v) is 16.0. The third-order valence-corrected chi connectivity index (χ3v) is 4.82. The molecule has 1 aromatic heterocycles. The minimum atomic E-state index is -1.50. The molecule has 1 aliphatic heterocycles. The molecule has 28 heavy (non-hydrogen) atoms. The summed E-state index contributed by atoms with van der Waals surface area (Å²) < 4.78 is 35.7. The Bertz CT molecular complexity index is 876. The van der Waals surface area contributed by atoms with Crippen LogP contribution >= 0.6 is 11.6 Å². The average Bonchev–Trinajstić information content (AvgIpc) is 2.66.